The van der Waals surface area contributed by atoms with Crippen LogP contribution in [0.2, 0.25) is 0 Å². The van der Waals surface area contributed by atoms with Crippen LogP contribution in [0.3, 0.4) is 0 Å². The van der Waals surface area contributed by atoms with Crippen molar-refractivity contribution in [3.05, 3.63) is 29.8 Å². The molecule has 8 heteroatoms. The normalized spacial score (nSPS) is 12.6. The number of urea groups is 1. The first-order chi connectivity index (χ1) is 10.3. The SMILES string of the molecule is COc1ccccc1CNC(=O)N[C@H](C)COCC(F)(F)F. The molecule has 0 saturated carbocycles. The zero-order valence-electron chi connectivity index (χ0n) is 12.4. The predicted molar refractivity (Wildman–Crippen MR) is 74.7 cm³/mol. The number of benzene rings is 1. The summed E-state index contributed by atoms with van der Waals surface area (Å²) in [6, 6.07) is 6.15. The minimum atomic E-state index is -4.37. The fourth-order valence-corrected chi connectivity index (χ4v) is 1.69. The van der Waals surface area contributed by atoms with Crippen molar-refractivity contribution in [2.24, 2.45) is 0 Å². The smallest absolute Gasteiger partial charge is 0.411 e. The van der Waals surface area contributed by atoms with E-state index in [1.165, 1.54) is 7.11 Å². The minimum Gasteiger partial charge on any atom is -0.496 e. The molecule has 0 saturated heterocycles. The van der Waals surface area contributed by atoms with Crippen molar-refractivity contribution in [1.82, 2.24) is 10.6 Å². The monoisotopic (exact) mass is 320 g/mol. The van der Waals surface area contributed by atoms with Crippen LogP contribution in [-0.4, -0.2) is 38.6 Å². The van der Waals surface area contributed by atoms with Gasteiger partial charge in [-0.25, -0.2) is 4.79 Å². The highest BCUT2D eigenvalue weighted by atomic mass is 19.4. The highest BCUT2D eigenvalue weighted by Crippen LogP contribution is 2.16. The highest BCUT2D eigenvalue weighted by Gasteiger charge is 2.27. The third kappa shape index (κ3) is 7.16. The predicted octanol–water partition coefficient (Wildman–Crippen LogP) is 2.46. The van der Waals surface area contributed by atoms with E-state index in [1.54, 1.807) is 19.1 Å². The molecular formula is C14H19F3N2O3. The van der Waals surface area contributed by atoms with Gasteiger partial charge in [-0.2, -0.15) is 13.2 Å². The summed E-state index contributed by atoms with van der Waals surface area (Å²) in [4.78, 5) is 11.6. The van der Waals surface area contributed by atoms with Crippen LogP contribution in [0, 0.1) is 0 Å². The van der Waals surface area contributed by atoms with Gasteiger partial charge in [0.1, 0.15) is 12.4 Å². The Labute approximate surface area is 126 Å². The van der Waals surface area contributed by atoms with Gasteiger partial charge in [-0.05, 0) is 13.0 Å². The molecule has 1 atom stereocenters. The van der Waals surface area contributed by atoms with Crippen molar-refractivity contribution in [2.45, 2.75) is 25.7 Å². The van der Waals surface area contributed by atoms with Crippen molar-refractivity contribution in [3.8, 4) is 5.75 Å². The van der Waals surface area contributed by atoms with Gasteiger partial charge < -0.3 is 20.1 Å². The Kier molecular flexibility index (Phi) is 6.97. The number of hydrogen-bond acceptors (Lipinski definition) is 3. The lowest BCUT2D eigenvalue weighted by Crippen LogP contribution is -2.42. The molecule has 22 heavy (non-hydrogen) atoms. The first-order valence-electron chi connectivity index (χ1n) is 6.62. The topological polar surface area (TPSA) is 59.6 Å². The molecule has 2 amide bonds. The second kappa shape index (κ2) is 8.47. The summed E-state index contributed by atoms with van der Waals surface area (Å²) in [5.74, 6) is 0.643. The van der Waals surface area contributed by atoms with Crippen molar-refractivity contribution < 1.29 is 27.4 Å². The van der Waals surface area contributed by atoms with Crippen LogP contribution in [-0.2, 0) is 11.3 Å². The number of carbonyl (C=O) groups excluding carboxylic acids is 1. The standard InChI is InChI=1S/C14H19F3N2O3/c1-10(8-22-9-14(15,16)17)19-13(20)18-7-11-5-3-4-6-12(11)21-2/h3-6,10H,7-9H2,1-2H3,(H2,18,19,20)/t10-/m1/s1. The summed E-state index contributed by atoms with van der Waals surface area (Å²) in [5, 5.41) is 5.09. The van der Waals surface area contributed by atoms with Gasteiger partial charge in [-0.1, -0.05) is 18.2 Å². The van der Waals surface area contributed by atoms with E-state index >= 15 is 0 Å². The second-order valence-electron chi connectivity index (χ2n) is 4.67. The fraction of sp³-hybridized carbons (Fsp3) is 0.500. The van der Waals surface area contributed by atoms with Crippen LogP contribution >= 0.6 is 0 Å². The zero-order chi connectivity index (χ0) is 16.6. The van der Waals surface area contributed by atoms with Crippen molar-refractivity contribution in [3.63, 3.8) is 0 Å². The summed E-state index contributed by atoms with van der Waals surface area (Å²) >= 11 is 0. The van der Waals surface area contributed by atoms with Gasteiger partial charge in [0.15, 0.2) is 0 Å². The number of rotatable bonds is 7. The Morgan fingerprint density at radius 1 is 1.32 bits per heavy atom. The molecule has 1 aromatic carbocycles. The van der Waals surface area contributed by atoms with E-state index in [9.17, 15) is 18.0 Å². The lowest BCUT2D eigenvalue weighted by Gasteiger charge is -2.16. The number of alkyl halides is 3. The molecule has 1 aromatic rings. The molecule has 0 unspecified atom stereocenters. The van der Waals surface area contributed by atoms with Gasteiger partial charge in [-0.15, -0.1) is 0 Å². The Balaban J connectivity index is 2.31. The number of ether oxygens (including phenoxy) is 2. The number of carbonyl (C=O) groups is 1. The van der Waals surface area contributed by atoms with Crippen molar-refractivity contribution in [1.29, 1.82) is 0 Å². The highest BCUT2D eigenvalue weighted by molar-refractivity contribution is 5.74. The number of amides is 2. The molecule has 0 aliphatic rings. The number of nitrogens with one attached hydrogen (secondary N) is 2. The molecule has 5 nitrogen and oxygen atoms in total. The summed E-state index contributed by atoms with van der Waals surface area (Å²) in [5.41, 5.74) is 0.793. The number of hydrogen-bond donors (Lipinski definition) is 2. The van der Waals surface area contributed by atoms with Gasteiger partial charge in [-0.3, -0.25) is 0 Å². The van der Waals surface area contributed by atoms with E-state index in [4.69, 9.17) is 4.74 Å². The Morgan fingerprint density at radius 3 is 2.64 bits per heavy atom. The molecule has 0 heterocycles. The van der Waals surface area contributed by atoms with E-state index in [1.807, 2.05) is 12.1 Å². The fourth-order valence-electron chi connectivity index (χ4n) is 1.69. The third-order valence-corrected chi connectivity index (χ3v) is 2.64. The lowest BCUT2D eigenvalue weighted by molar-refractivity contribution is -0.174. The molecule has 0 bridgehead atoms. The second-order valence-corrected chi connectivity index (χ2v) is 4.67. The van der Waals surface area contributed by atoms with E-state index in [0.29, 0.717) is 5.75 Å². The molecular weight excluding hydrogens is 301 g/mol. The number of para-hydroxylation sites is 1. The molecule has 2 N–H and O–H groups in total. The molecule has 0 aliphatic carbocycles. The van der Waals surface area contributed by atoms with Crippen LogP contribution in [0.1, 0.15) is 12.5 Å². The first-order valence-corrected chi connectivity index (χ1v) is 6.62. The minimum absolute atomic E-state index is 0.221. The van der Waals surface area contributed by atoms with Gasteiger partial charge in [0.05, 0.1) is 19.8 Å². The number of methoxy groups -OCH3 is 1. The molecule has 0 spiro atoms. The van der Waals surface area contributed by atoms with E-state index in [-0.39, 0.29) is 13.2 Å². The molecule has 0 aliphatic heterocycles. The Hall–Kier alpha value is -1.96. The Morgan fingerprint density at radius 2 is 2.00 bits per heavy atom. The summed E-state index contributed by atoms with van der Waals surface area (Å²) in [7, 11) is 1.53. The molecule has 0 fully saturated rings. The van der Waals surface area contributed by atoms with Gasteiger partial charge >= 0.3 is 12.2 Å². The van der Waals surface area contributed by atoms with Gasteiger partial charge in [0.2, 0.25) is 0 Å². The van der Waals surface area contributed by atoms with Crippen LogP contribution < -0.4 is 15.4 Å². The average molecular weight is 320 g/mol. The third-order valence-electron chi connectivity index (χ3n) is 2.64. The Bertz CT molecular complexity index is 481. The van der Waals surface area contributed by atoms with Crippen LogP contribution in [0.15, 0.2) is 24.3 Å². The van der Waals surface area contributed by atoms with Crippen molar-refractivity contribution >= 4 is 6.03 Å². The average Bonchev–Trinajstić information content (AvgIpc) is 2.44. The molecule has 0 radical (unpaired) electrons. The summed E-state index contributed by atoms with van der Waals surface area (Å²) < 4.78 is 45.4. The van der Waals surface area contributed by atoms with E-state index < -0.39 is 24.9 Å². The number of halogens is 3. The maximum absolute atomic E-state index is 11.9. The van der Waals surface area contributed by atoms with Gasteiger partial charge in [0.25, 0.3) is 0 Å². The van der Waals surface area contributed by atoms with E-state index in [0.717, 1.165) is 5.56 Å². The van der Waals surface area contributed by atoms with Crippen molar-refractivity contribution in [2.75, 3.05) is 20.3 Å². The summed E-state index contributed by atoms with van der Waals surface area (Å²) in [6.45, 7) is 0.245. The van der Waals surface area contributed by atoms with Gasteiger partial charge in [0, 0.05) is 12.1 Å². The maximum Gasteiger partial charge on any atom is 0.411 e. The van der Waals surface area contributed by atoms with Crippen LogP contribution in [0.25, 0.3) is 0 Å². The van der Waals surface area contributed by atoms with Crippen LogP contribution in [0.5, 0.6) is 5.75 Å². The van der Waals surface area contributed by atoms with Crippen LogP contribution in [0.4, 0.5) is 18.0 Å². The quantitative estimate of drug-likeness (QED) is 0.811. The zero-order valence-corrected chi connectivity index (χ0v) is 12.4. The first kappa shape index (κ1) is 18.1. The maximum atomic E-state index is 11.9. The largest absolute Gasteiger partial charge is 0.496 e. The summed E-state index contributed by atoms with van der Waals surface area (Å²) in [6.07, 6.45) is -4.37. The molecule has 124 valence electrons. The molecule has 1 rings (SSSR count). The lowest BCUT2D eigenvalue weighted by atomic mass is 10.2. The molecule has 0 aromatic heterocycles. The van der Waals surface area contributed by atoms with E-state index in [2.05, 4.69) is 15.4 Å².